The number of ether oxygens (including phenoxy) is 1. The molecule has 196 valence electrons. The quantitative estimate of drug-likeness (QED) is 0.193. The van der Waals surface area contributed by atoms with Crippen molar-refractivity contribution in [2.45, 2.75) is 40.4 Å². The Morgan fingerprint density at radius 2 is 0.800 bits per heavy atom. The van der Waals surface area contributed by atoms with Crippen LogP contribution in [0, 0.1) is 34.6 Å². The van der Waals surface area contributed by atoms with E-state index in [2.05, 4.69) is 135 Å². The number of benzene rings is 5. The van der Waals surface area contributed by atoms with E-state index in [1.807, 2.05) is 0 Å². The Labute approximate surface area is 239 Å². The van der Waals surface area contributed by atoms with Gasteiger partial charge in [-0.25, -0.2) is 0 Å². The van der Waals surface area contributed by atoms with Gasteiger partial charge >= 0.3 is 240 Å². The average Bonchev–Trinajstić information content (AvgIpc) is 2.89. The molecule has 0 aliphatic carbocycles. The molecule has 3 nitrogen and oxygen atoms in total. The van der Waals surface area contributed by atoms with E-state index < -0.39 is 13.3 Å². The molecule has 0 atom stereocenters. The van der Waals surface area contributed by atoms with Gasteiger partial charge < -0.3 is 0 Å². The van der Waals surface area contributed by atoms with Crippen LogP contribution in [0.2, 0.25) is 5.76 Å². The van der Waals surface area contributed by atoms with E-state index in [0.29, 0.717) is 0 Å². The Bertz CT molecular complexity index is 1760. The van der Waals surface area contributed by atoms with Crippen LogP contribution in [-0.2, 0) is 0 Å². The molecule has 0 N–H and O–H groups in total. The van der Waals surface area contributed by atoms with Gasteiger partial charge in [0.15, 0.2) is 0 Å². The Balaban J connectivity index is 1.55. The van der Waals surface area contributed by atoms with E-state index in [4.69, 9.17) is 4.74 Å². The first-order chi connectivity index (χ1) is 19.2. The van der Waals surface area contributed by atoms with E-state index >= 15 is 0 Å². The molecule has 3 aliphatic heterocycles. The van der Waals surface area contributed by atoms with Gasteiger partial charge in [-0.2, -0.15) is 0 Å². The molecular formula is C36H32GeN2O. The monoisotopic (exact) mass is 582 g/mol. The van der Waals surface area contributed by atoms with Gasteiger partial charge in [-0.3, -0.25) is 0 Å². The molecule has 3 heterocycles. The zero-order chi connectivity index (χ0) is 27.5. The fourth-order valence-electron chi connectivity index (χ4n) is 7.30. The Morgan fingerprint density at radius 1 is 0.450 bits per heavy atom. The van der Waals surface area contributed by atoms with Crippen molar-refractivity contribution in [3.63, 3.8) is 0 Å². The van der Waals surface area contributed by atoms with Crippen molar-refractivity contribution in [2.75, 3.05) is 9.80 Å². The van der Waals surface area contributed by atoms with Gasteiger partial charge in [0.2, 0.25) is 0 Å². The molecule has 0 amide bonds. The van der Waals surface area contributed by atoms with Crippen LogP contribution < -0.4 is 27.7 Å². The maximum absolute atomic E-state index is 6.90. The summed E-state index contributed by atoms with van der Waals surface area (Å²) in [6.45, 7) is 10.9. The molecular weight excluding hydrogens is 549 g/mol. The van der Waals surface area contributed by atoms with Crippen LogP contribution in [0.15, 0.2) is 84.9 Å². The van der Waals surface area contributed by atoms with E-state index in [9.17, 15) is 0 Å². The number of hydrogen-bond donors (Lipinski definition) is 0. The van der Waals surface area contributed by atoms with Crippen molar-refractivity contribution in [3.8, 4) is 11.5 Å². The number of anilines is 6. The summed E-state index contributed by atoms with van der Waals surface area (Å²) < 4.78 is 11.3. The van der Waals surface area contributed by atoms with Crippen molar-refractivity contribution in [2.24, 2.45) is 0 Å². The number of aryl methyl sites for hydroxylation is 5. The van der Waals surface area contributed by atoms with Gasteiger partial charge in [-0.1, -0.05) is 0 Å². The molecule has 5 aromatic carbocycles. The summed E-state index contributed by atoms with van der Waals surface area (Å²) in [5.74, 6) is 4.69. The third-order valence-electron chi connectivity index (χ3n) is 8.96. The fourth-order valence-corrected chi connectivity index (χ4v) is 17.3. The molecule has 0 saturated heterocycles. The summed E-state index contributed by atoms with van der Waals surface area (Å²) in [6.07, 6.45) is 0. The molecule has 0 aromatic heterocycles. The predicted molar refractivity (Wildman–Crippen MR) is 170 cm³/mol. The van der Waals surface area contributed by atoms with Gasteiger partial charge in [0.1, 0.15) is 0 Å². The molecule has 0 radical (unpaired) electrons. The fraction of sp³-hybridized carbons (Fsp3) is 0.167. The van der Waals surface area contributed by atoms with E-state index in [0.717, 1.165) is 11.5 Å². The third-order valence-corrected chi connectivity index (χ3v) is 18.4. The molecule has 0 fully saturated rings. The van der Waals surface area contributed by atoms with Crippen LogP contribution in [0.5, 0.6) is 11.5 Å². The molecule has 5 aromatic rings. The van der Waals surface area contributed by atoms with Crippen molar-refractivity contribution >= 4 is 60.6 Å². The molecule has 40 heavy (non-hydrogen) atoms. The van der Waals surface area contributed by atoms with Crippen LogP contribution in [-0.4, -0.2) is 13.3 Å². The molecule has 3 aliphatic rings. The summed E-state index contributed by atoms with van der Waals surface area (Å²) in [6, 6.07) is 32.1. The van der Waals surface area contributed by atoms with Crippen LogP contribution in [0.3, 0.4) is 0 Å². The minimum atomic E-state index is -3.19. The number of hydrogen-bond acceptors (Lipinski definition) is 3. The van der Waals surface area contributed by atoms with Gasteiger partial charge in [-0.15, -0.1) is 0 Å². The summed E-state index contributed by atoms with van der Waals surface area (Å²) in [7, 11) is 0. The maximum atomic E-state index is 6.90. The standard InChI is InChI=1S/C36H32GeN2O/c1-21-7-11-26(12-8-21)38-28-15-23(3)16-29-34(28)37(6)35-30(38)17-24(4)19-32(35)40-33-20-25(5)18-31(36(33)37)39(29)27-13-9-22(2)10-14-27/h7-20H,1-6H3. The second-order valence-corrected chi connectivity index (χ2v) is 19.9. The second-order valence-electron chi connectivity index (χ2n) is 12.1. The first kappa shape index (κ1) is 23.9. The number of rotatable bonds is 2. The van der Waals surface area contributed by atoms with Crippen molar-refractivity contribution in [1.29, 1.82) is 0 Å². The Morgan fingerprint density at radius 3 is 1.20 bits per heavy atom. The molecule has 4 heteroatoms. The van der Waals surface area contributed by atoms with Gasteiger partial charge in [0, 0.05) is 0 Å². The zero-order valence-electron chi connectivity index (χ0n) is 23.9. The van der Waals surface area contributed by atoms with Crippen LogP contribution in [0.1, 0.15) is 27.8 Å². The summed E-state index contributed by atoms with van der Waals surface area (Å²) in [4.78, 5) is 5.01. The van der Waals surface area contributed by atoms with Crippen molar-refractivity contribution < 1.29 is 4.74 Å². The molecule has 0 spiro atoms. The molecule has 0 saturated carbocycles. The Hall–Kier alpha value is -3.96. The summed E-state index contributed by atoms with van der Waals surface area (Å²) >= 11 is -3.19. The SMILES string of the molecule is Cc1ccc(N2c3cc(C)cc4[c]3[Ge]3([CH3])[c]5c(cc(C)cc5N(c5ccc(C)cc5)c5cc(C)cc2[c]53)O4)cc1. The predicted octanol–water partition coefficient (Wildman–Crippen LogP) is 8.00. The van der Waals surface area contributed by atoms with E-state index in [-0.39, 0.29) is 0 Å². The average molecular weight is 581 g/mol. The van der Waals surface area contributed by atoms with Crippen molar-refractivity contribution in [3.05, 3.63) is 113 Å². The Kier molecular flexibility index (Phi) is 4.81. The zero-order valence-corrected chi connectivity index (χ0v) is 26.0. The van der Waals surface area contributed by atoms with Gasteiger partial charge in [-0.05, 0) is 0 Å². The van der Waals surface area contributed by atoms with Crippen molar-refractivity contribution in [1.82, 2.24) is 0 Å². The molecule has 8 rings (SSSR count). The topological polar surface area (TPSA) is 15.7 Å². The van der Waals surface area contributed by atoms with Gasteiger partial charge in [0.05, 0.1) is 0 Å². The van der Waals surface area contributed by atoms with Crippen LogP contribution >= 0.6 is 0 Å². The number of nitrogens with zero attached hydrogens (tertiary/aromatic N) is 2. The minimum absolute atomic E-state index is 1.04. The van der Waals surface area contributed by atoms with E-state index in [1.54, 1.807) is 0 Å². The summed E-state index contributed by atoms with van der Waals surface area (Å²) in [5, 5.41) is 0. The van der Waals surface area contributed by atoms with Crippen LogP contribution in [0.4, 0.5) is 34.1 Å². The van der Waals surface area contributed by atoms with Gasteiger partial charge in [0.25, 0.3) is 0 Å². The first-order valence-corrected chi connectivity index (χ1v) is 19.4. The van der Waals surface area contributed by atoms with Crippen LogP contribution in [0.25, 0.3) is 0 Å². The van der Waals surface area contributed by atoms with E-state index in [1.165, 1.54) is 75.1 Å². The summed E-state index contributed by atoms with van der Waals surface area (Å²) in [5.41, 5.74) is 13.8. The first-order valence-electron chi connectivity index (χ1n) is 14.1. The normalized spacial score (nSPS) is 15.1. The second kappa shape index (κ2) is 8.05. The third kappa shape index (κ3) is 3.07. The molecule has 0 bridgehead atoms. The molecule has 0 unspecified atom stereocenters.